The summed E-state index contributed by atoms with van der Waals surface area (Å²) in [5, 5.41) is 10.6. The zero-order valence-electron chi connectivity index (χ0n) is 11.2. The first-order valence-electron chi connectivity index (χ1n) is 6.00. The normalized spacial score (nSPS) is 12.2. The highest BCUT2D eigenvalue weighted by Crippen LogP contribution is 2.15. The Morgan fingerprint density at radius 3 is 2.79 bits per heavy atom. The summed E-state index contributed by atoms with van der Waals surface area (Å²) in [6, 6.07) is 5.13. The van der Waals surface area contributed by atoms with Crippen molar-refractivity contribution in [2.45, 2.75) is 19.9 Å². The molecule has 2 aromatic rings. The highest BCUT2D eigenvalue weighted by atomic mass is 16.1. The maximum absolute atomic E-state index is 12.1. The Kier molecular flexibility index (Phi) is 3.50. The van der Waals surface area contributed by atoms with Gasteiger partial charge in [-0.2, -0.15) is 0 Å². The SMILES string of the molecule is Cc1ccc(C(=O)NC(C)c2nncn2C)c(N)c1. The Balaban J connectivity index is 2.15. The van der Waals surface area contributed by atoms with Crippen molar-refractivity contribution in [1.29, 1.82) is 0 Å². The molecule has 6 nitrogen and oxygen atoms in total. The van der Waals surface area contributed by atoms with Crippen LogP contribution in [0.2, 0.25) is 0 Å². The average Bonchev–Trinajstić information content (AvgIpc) is 2.75. The largest absolute Gasteiger partial charge is 0.398 e. The Morgan fingerprint density at radius 2 is 2.21 bits per heavy atom. The monoisotopic (exact) mass is 259 g/mol. The number of anilines is 1. The van der Waals surface area contributed by atoms with Crippen molar-refractivity contribution in [2.75, 3.05) is 5.73 Å². The number of aromatic nitrogens is 3. The van der Waals surface area contributed by atoms with Crippen molar-refractivity contribution in [3.05, 3.63) is 41.5 Å². The second kappa shape index (κ2) is 5.09. The fourth-order valence-corrected chi connectivity index (χ4v) is 1.91. The van der Waals surface area contributed by atoms with E-state index < -0.39 is 0 Å². The van der Waals surface area contributed by atoms with Gasteiger partial charge in [-0.25, -0.2) is 0 Å². The molecule has 0 aliphatic carbocycles. The van der Waals surface area contributed by atoms with E-state index in [9.17, 15) is 4.79 Å². The van der Waals surface area contributed by atoms with Crippen molar-refractivity contribution in [3.63, 3.8) is 0 Å². The summed E-state index contributed by atoms with van der Waals surface area (Å²) in [4.78, 5) is 12.1. The van der Waals surface area contributed by atoms with Crippen LogP contribution in [-0.4, -0.2) is 20.7 Å². The molecule has 2 rings (SSSR count). The second-order valence-electron chi connectivity index (χ2n) is 4.59. The number of nitrogens with two attached hydrogens (primary N) is 1. The Hall–Kier alpha value is -2.37. The van der Waals surface area contributed by atoms with Gasteiger partial charge in [-0.05, 0) is 31.5 Å². The average molecular weight is 259 g/mol. The van der Waals surface area contributed by atoms with Gasteiger partial charge in [0.25, 0.3) is 5.91 Å². The molecule has 1 aromatic carbocycles. The zero-order chi connectivity index (χ0) is 14.0. The van der Waals surface area contributed by atoms with Crippen LogP contribution in [0.15, 0.2) is 24.5 Å². The molecular weight excluding hydrogens is 242 g/mol. The maximum Gasteiger partial charge on any atom is 0.253 e. The topological polar surface area (TPSA) is 85.8 Å². The number of nitrogens with zero attached hydrogens (tertiary/aromatic N) is 3. The Morgan fingerprint density at radius 1 is 1.47 bits per heavy atom. The molecule has 19 heavy (non-hydrogen) atoms. The molecule has 0 radical (unpaired) electrons. The minimum atomic E-state index is -0.235. The molecule has 0 aliphatic heterocycles. The van der Waals surface area contributed by atoms with E-state index in [0.717, 1.165) is 5.56 Å². The zero-order valence-corrected chi connectivity index (χ0v) is 11.2. The van der Waals surface area contributed by atoms with Gasteiger partial charge in [0, 0.05) is 12.7 Å². The van der Waals surface area contributed by atoms with Crippen molar-refractivity contribution in [2.24, 2.45) is 7.05 Å². The van der Waals surface area contributed by atoms with Gasteiger partial charge in [0.2, 0.25) is 0 Å². The summed E-state index contributed by atoms with van der Waals surface area (Å²) in [6.45, 7) is 3.78. The lowest BCUT2D eigenvalue weighted by Gasteiger charge is -2.14. The molecule has 0 bridgehead atoms. The number of aryl methyl sites for hydroxylation is 2. The smallest absolute Gasteiger partial charge is 0.253 e. The first-order chi connectivity index (χ1) is 8.99. The fraction of sp³-hybridized carbons (Fsp3) is 0.308. The van der Waals surface area contributed by atoms with E-state index in [1.165, 1.54) is 0 Å². The summed E-state index contributed by atoms with van der Waals surface area (Å²) in [5.74, 6) is 0.479. The van der Waals surface area contributed by atoms with Gasteiger partial charge in [0.15, 0.2) is 5.82 Å². The lowest BCUT2D eigenvalue weighted by molar-refractivity contribution is 0.0938. The molecule has 100 valence electrons. The number of nitrogen functional groups attached to an aromatic ring is 1. The van der Waals surface area contributed by atoms with Gasteiger partial charge in [0.1, 0.15) is 6.33 Å². The maximum atomic E-state index is 12.1. The molecule has 1 unspecified atom stereocenters. The third-order valence-corrected chi connectivity index (χ3v) is 2.93. The summed E-state index contributed by atoms with van der Waals surface area (Å²) in [5.41, 5.74) is 7.82. The van der Waals surface area contributed by atoms with Crippen LogP contribution in [0.3, 0.4) is 0 Å². The van der Waals surface area contributed by atoms with Crippen LogP contribution >= 0.6 is 0 Å². The molecule has 1 aromatic heterocycles. The molecule has 0 saturated carbocycles. The van der Waals surface area contributed by atoms with Gasteiger partial charge >= 0.3 is 0 Å². The van der Waals surface area contributed by atoms with Gasteiger partial charge in [-0.3, -0.25) is 4.79 Å². The van der Waals surface area contributed by atoms with E-state index in [-0.39, 0.29) is 11.9 Å². The quantitative estimate of drug-likeness (QED) is 0.811. The van der Waals surface area contributed by atoms with Crippen LogP contribution in [0, 0.1) is 6.92 Å². The van der Waals surface area contributed by atoms with Gasteiger partial charge in [-0.15, -0.1) is 10.2 Å². The molecule has 6 heteroatoms. The van der Waals surface area contributed by atoms with Crippen LogP contribution < -0.4 is 11.1 Å². The number of benzene rings is 1. The van der Waals surface area contributed by atoms with Crippen LogP contribution in [0.1, 0.15) is 34.7 Å². The van der Waals surface area contributed by atoms with Gasteiger partial charge in [-0.1, -0.05) is 6.07 Å². The lowest BCUT2D eigenvalue weighted by atomic mass is 10.1. The van der Waals surface area contributed by atoms with Crippen molar-refractivity contribution >= 4 is 11.6 Å². The van der Waals surface area contributed by atoms with E-state index in [1.807, 2.05) is 27.0 Å². The lowest BCUT2D eigenvalue weighted by Crippen LogP contribution is -2.29. The summed E-state index contributed by atoms with van der Waals surface area (Å²) >= 11 is 0. The number of carbonyl (C=O) groups is 1. The highest BCUT2D eigenvalue weighted by molar-refractivity contribution is 5.99. The molecule has 3 N–H and O–H groups in total. The number of rotatable bonds is 3. The number of amides is 1. The van der Waals surface area contributed by atoms with Crippen LogP contribution in [0.5, 0.6) is 0 Å². The summed E-state index contributed by atoms with van der Waals surface area (Å²) in [7, 11) is 1.83. The van der Waals surface area contributed by atoms with Gasteiger partial charge in [0.05, 0.1) is 11.6 Å². The molecule has 0 fully saturated rings. The van der Waals surface area contributed by atoms with Crippen LogP contribution in [0.4, 0.5) is 5.69 Å². The predicted molar refractivity (Wildman–Crippen MR) is 72.5 cm³/mol. The third-order valence-electron chi connectivity index (χ3n) is 2.93. The Labute approximate surface area is 111 Å². The number of carbonyl (C=O) groups excluding carboxylic acids is 1. The van der Waals surface area contributed by atoms with Crippen molar-refractivity contribution in [3.8, 4) is 0 Å². The van der Waals surface area contributed by atoms with Gasteiger partial charge < -0.3 is 15.6 Å². The van der Waals surface area contributed by atoms with Crippen LogP contribution in [-0.2, 0) is 7.05 Å². The summed E-state index contributed by atoms with van der Waals surface area (Å²) in [6.07, 6.45) is 1.60. The molecule has 0 aliphatic rings. The Bertz CT molecular complexity index is 605. The second-order valence-corrected chi connectivity index (χ2v) is 4.59. The molecule has 0 saturated heterocycles. The van der Waals surface area contributed by atoms with E-state index >= 15 is 0 Å². The molecular formula is C13H17N5O. The van der Waals surface area contributed by atoms with E-state index in [0.29, 0.717) is 17.1 Å². The molecule has 1 heterocycles. The minimum Gasteiger partial charge on any atom is -0.398 e. The predicted octanol–water partition coefficient (Wildman–Crippen LogP) is 1.20. The molecule has 1 amide bonds. The number of hydrogen-bond donors (Lipinski definition) is 2. The first-order valence-corrected chi connectivity index (χ1v) is 6.00. The summed E-state index contributed by atoms with van der Waals surface area (Å²) < 4.78 is 1.77. The van der Waals surface area contributed by atoms with E-state index in [2.05, 4.69) is 15.5 Å². The van der Waals surface area contributed by atoms with Crippen molar-refractivity contribution in [1.82, 2.24) is 20.1 Å². The number of hydrogen-bond acceptors (Lipinski definition) is 4. The highest BCUT2D eigenvalue weighted by Gasteiger charge is 2.16. The fourth-order valence-electron chi connectivity index (χ4n) is 1.91. The van der Waals surface area contributed by atoms with E-state index in [1.54, 1.807) is 23.0 Å². The molecule has 1 atom stereocenters. The van der Waals surface area contributed by atoms with Crippen molar-refractivity contribution < 1.29 is 4.79 Å². The third kappa shape index (κ3) is 2.73. The number of nitrogens with one attached hydrogen (secondary N) is 1. The standard InChI is InChI=1S/C13H17N5O/c1-8-4-5-10(11(14)6-8)13(19)16-9(2)12-17-15-7-18(12)3/h4-7,9H,14H2,1-3H3,(H,16,19). The first kappa shape index (κ1) is 13.1. The van der Waals surface area contributed by atoms with E-state index in [4.69, 9.17) is 5.73 Å². The molecule has 0 spiro atoms. The minimum absolute atomic E-state index is 0.215. The van der Waals surface area contributed by atoms with Crippen LogP contribution in [0.25, 0.3) is 0 Å².